The molecule has 2 atom stereocenters. The van der Waals surface area contributed by atoms with Gasteiger partial charge in [-0.1, -0.05) is 18.6 Å². The highest BCUT2D eigenvalue weighted by molar-refractivity contribution is 5.98. The number of carbonyl (C=O) groups is 1. The van der Waals surface area contributed by atoms with Crippen LogP contribution in [0.15, 0.2) is 48.8 Å². The maximum absolute atomic E-state index is 13.3. The quantitative estimate of drug-likeness (QED) is 0.456. The summed E-state index contributed by atoms with van der Waals surface area (Å²) in [5.74, 6) is 0.0308. The lowest BCUT2D eigenvalue weighted by Gasteiger charge is -2.20. The maximum Gasteiger partial charge on any atom is 0.273 e. The summed E-state index contributed by atoms with van der Waals surface area (Å²) in [5.41, 5.74) is 9.76. The Morgan fingerprint density at radius 1 is 1.21 bits per heavy atom. The van der Waals surface area contributed by atoms with Gasteiger partial charge in [0.1, 0.15) is 11.4 Å². The van der Waals surface area contributed by atoms with Crippen molar-refractivity contribution in [1.82, 2.24) is 30.0 Å². The SMILES string of the molecule is COC[C@H]1CCC[C@H]1NC(=O)c1nc(-c2ccc3ncccc3c2)c(-c2ccn(C)n2)nc1N. The minimum Gasteiger partial charge on any atom is -0.384 e. The van der Waals surface area contributed by atoms with Crippen LogP contribution in [0.25, 0.3) is 33.5 Å². The minimum atomic E-state index is -0.325. The van der Waals surface area contributed by atoms with Crippen molar-refractivity contribution in [3.05, 3.63) is 54.5 Å². The topological polar surface area (TPSA) is 121 Å². The van der Waals surface area contributed by atoms with Gasteiger partial charge < -0.3 is 15.8 Å². The Kier molecular flexibility index (Phi) is 5.93. The molecule has 34 heavy (non-hydrogen) atoms. The number of hydrogen-bond donors (Lipinski definition) is 2. The molecule has 1 aromatic carbocycles. The van der Waals surface area contributed by atoms with E-state index in [9.17, 15) is 4.79 Å². The van der Waals surface area contributed by atoms with Crippen LogP contribution in [0.2, 0.25) is 0 Å². The molecule has 0 bridgehead atoms. The van der Waals surface area contributed by atoms with Gasteiger partial charge in [-0.2, -0.15) is 5.10 Å². The second-order valence-electron chi connectivity index (χ2n) is 8.67. The zero-order valence-electron chi connectivity index (χ0n) is 19.2. The molecule has 4 aromatic rings. The van der Waals surface area contributed by atoms with Crippen molar-refractivity contribution in [3.8, 4) is 22.6 Å². The average Bonchev–Trinajstić information content (AvgIpc) is 3.47. The van der Waals surface area contributed by atoms with Gasteiger partial charge in [0.05, 0.1) is 17.8 Å². The summed E-state index contributed by atoms with van der Waals surface area (Å²) < 4.78 is 7.02. The number of anilines is 1. The summed E-state index contributed by atoms with van der Waals surface area (Å²) in [6.45, 7) is 0.612. The van der Waals surface area contributed by atoms with Crippen molar-refractivity contribution in [2.75, 3.05) is 19.5 Å². The van der Waals surface area contributed by atoms with E-state index in [4.69, 9.17) is 15.5 Å². The number of nitrogens with zero attached hydrogens (tertiary/aromatic N) is 5. The molecule has 0 spiro atoms. The molecule has 3 N–H and O–H groups in total. The lowest BCUT2D eigenvalue weighted by Crippen LogP contribution is -2.39. The number of nitrogen functional groups attached to an aromatic ring is 1. The van der Waals surface area contributed by atoms with E-state index < -0.39 is 0 Å². The standard InChI is InChI=1S/C25H27N7O2/c1-32-12-10-20(31-32)22-21(16-8-9-18-15(13-16)6-4-11-27-18)29-23(24(26)30-22)25(33)28-19-7-3-5-17(19)14-34-2/h4,6,8-13,17,19H,3,5,7,14H2,1-2H3,(H2,26,30)(H,28,33)/t17-,19-/m1/s1. The number of pyridine rings is 1. The van der Waals surface area contributed by atoms with E-state index in [1.54, 1.807) is 18.0 Å². The van der Waals surface area contributed by atoms with Crippen molar-refractivity contribution in [2.24, 2.45) is 13.0 Å². The summed E-state index contributed by atoms with van der Waals surface area (Å²) >= 11 is 0. The molecule has 174 valence electrons. The van der Waals surface area contributed by atoms with Crippen LogP contribution in [0.3, 0.4) is 0 Å². The van der Waals surface area contributed by atoms with Gasteiger partial charge in [0.2, 0.25) is 0 Å². The summed E-state index contributed by atoms with van der Waals surface area (Å²) in [7, 11) is 3.52. The number of nitrogens with two attached hydrogens (primary N) is 1. The van der Waals surface area contributed by atoms with Gasteiger partial charge in [0, 0.05) is 49.5 Å². The minimum absolute atomic E-state index is 0.0271. The fourth-order valence-corrected chi connectivity index (χ4v) is 4.64. The van der Waals surface area contributed by atoms with Crippen LogP contribution in [0.5, 0.6) is 0 Å². The molecule has 3 heterocycles. The van der Waals surface area contributed by atoms with Crippen LogP contribution >= 0.6 is 0 Å². The summed E-state index contributed by atoms with van der Waals surface area (Å²) in [6, 6.07) is 11.6. The van der Waals surface area contributed by atoms with Crippen LogP contribution in [-0.4, -0.2) is 50.4 Å². The number of nitrogens with one attached hydrogen (secondary N) is 1. The predicted octanol–water partition coefficient (Wildman–Crippen LogP) is 3.22. The molecule has 1 aliphatic rings. The number of amides is 1. The molecule has 3 aromatic heterocycles. The molecule has 9 heteroatoms. The summed E-state index contributed by atoms with van der Waals surface area (Å²) in [4.78, 5) is 27.0. The van der Waals surface area contributed by atoms with E-state index in [0.717, 1.165) is 35.7 Å². The molecule has 0 saturated heterocycles. The molecule has 0 radical (unpaired) electrons. The van der Waals surface area contributed by atoms with Crippen LogP contribution in [0.4, 0.5) is 5.82 Å². The Hall–Kier alpha value is -3.85. The molecule has 0 aliphatic heterocycles. The zero-order valence-corrected chi connectivity index (χ0v) is 19.2. The Balaban J connectivity index is 1.58. The first-order valence-electron chi connectivity index (χ1n) is 11.4. The number of fused-ring (bicyclic) bond motifs is 1. The third-order valence-corrected chi connectivity index (χ3v) is 6.33. The molecular formula is C25H27N7O2. The van der Waals surface area contributed by atoms with Gasteiger partial charge in [0.25, 0.3) is 5.91 Å². The predicted molar refractivity (Wildman–Crippen MR) is 130 cm³/mol. The molecule has 1 fully saturated rings. The number of methoxy groups -OCH3 is 1. The van der Waals surface area contributed by atoms with Crippen molar-refractivity contribution >= 4 is 22.6 Å². The van der Waals surface area contributed by atoms with E-state index in [2.05, 4.69) is 20.4 Å². The molecule has 1 aliphatic carbocycles. The van der Waals surface area contributed by atoms with Crippen LogP contribution < -0.4 is 11.1 Å². The monoisotopic (exact) mass is 457 g/mol. The average molecular weight is 458 g/mol. The molecule has 1 amide bonds. The fraction of sp³-hybridized carbons (Fsp3) is 0.320. The molecule has 0 unspecified atom stereocenters. The van der Waals surface area contributed by atoms with E-state index in [1.165, 1.54) is 0 Å². The number of rotatable bonds is 6. The van der Waals surface area contributed by atoms with Gasteiger partial charge in [-0.15, -0.1) is 0 Å². The first kappa shape index (κ1) is 22.0. The van der Waals surface area contributed by atoms with Gasteiger partial charge in [-0.25, -0.2) is 9.97 Å². The second-order valence-corrected chi connectivity index (χ2v) is 8.67. The summed E-state index contributed by atoms with van der Waals surface area (Å²) in [6.07, 6.45) is 6.57. The maximum atomic E-state index is 13.3. The first-order chi connectivity index (χ1) is 16.5. The second kappa shape index (κ2) is 9.18. The number of aromatic nitrogens is 5. The summed E-state index contributed by atoms with van der Waals surface area (Å²) in [5, 5.41) is 8.56. The third kappa shape index (κ3) is 4.22. The molecule has 1 saturated carbocycles. The van der Waals surface area contributed by atoms with E-state index >= 15 is 0 Å². The van der Waals surface area contributed by atoms with Crippen LogP contribution in [0.1, 0.15) is 29.8 Å². The van der Waals surface area contributed by atoms with Crippen LogP contribution in [-0.2, 0) is 11.8 Å². The lowest BCUT2D eigenvalue weighted by molar-refractivity contribution is 0.0894. The number of benzene rings is 1. The molecule has 9 nitrogen and oxygen atoms in total. The molecular weight excluding hydrogens is 430 g/mol. The Bertz CT molecular complexity index is 1350. The Labute approximate surface area is 197 Å². The van der Waals surface area contributed by atoms with E-state index in [0.29, 0.717) is 23.7 Å². The van der Waals surface area contributed by atoms with Crippen molar-refractivity contribution in [3.63, 3.8) is 0 Å². The van der Waals surface area contributed by atoms with Crippen molar-refractivity contribution < 1.29 is 9.53 Å². The van der Waals surface area contributed by atoms with Gasteiger partial charge in [-0.3, -0.25) is 14.5 Å². The fourth-order valence-electron chi connectivity index (χ4n) is 4.64. The van der Waals surface area contributed by atoms with Gasteiger partial charge >= 0.3 is 0 Å². The van der Waals surface area contributed by atoms with Crippen molar-refractivity contribution in [1.29, 1.82) is 0 Å². The van der Waals surface area contributed by atoms with Crippen molar-refractivity contribution in [2.45, 2.75) is 25.3 Å². The highest BCUT2D eigenvalue weighted by Gasteiger charge is 2.30. The zero-order chi connectivity index (χ0) is 23.7. The highest BCUT2D eigenvalue weighted by Crippen LogP contribution is 2.32. The Morgan fingerprint density at radius 2 is 2.09 bits per heavy atom. The third-order valence-electron chi connectivity index (χ3n) is 6.33. The van der Waals surface area contributed by atoms with Crippen LogP contribution in [0, 0.1) is 5.92 Å². The van der Waals surface area contributed by atoms with Gasteiger partial charge in [-0.05, 0) is 37.1 Å². The first-order valence-corrected chi connectivity index (χ1v) is 11.4. The normalized spacial score (nSPS) is 17.8. The highest BCUT2D eigenvalue weighted by atomic mass is 16.5. The van der Waals surface area contributed by atoms with E-state index in [1.807, 2.05) is 49.6 Å². The number of hydrogen-bond acceptors (Lipinski definition) is 7. The molecule has 5 rings (SSSR count). The largest absolute Gasteiger partial charge is 0.384 e. The number of carbonyl (C=O) groups excluding carboxylic acids is 1. The number of ether oxygens (including phenoxy) is 1. The Morgan fingerprint density at radius 3 is 2.88 bits per heavy atom. The van der Waals surface area contributed by atoms with Gasteiger partial charge in [0.15, 0.2) is 11.5 Å². The number of aryl methyl sites for hydroxylation is 1. The van der Waals surface area contributed by atoms with E-state index in [-0.39, 0.29) is 29.4 Å². The lowest BCUT2D eigenvalue weighted by atomic mass is 10.0. The smallest absolute Gasteiger partial charge is 0.273 e.